The van der Waals surface area contributed by atoms with E-state index in [1.807, 2.05) is 32.0 Å². The summed E-state index contributed by atoms with van der Waals surface area (Å²) in [6.45, 7) is 6.75. The van der Waals surface area contributed by atoms with Crippen LogP contribution in [0.4, 0.5) is 0 Å². The summed E-state index contributed by atoms with van der Waals surface area (Å²) in [5, 5.41) is 0. The molecule has 0 spiro atoms. The molecular formula is C14H20O2. The van der Waals surface area contributed by atoms with Gasteiger partial charge in [0.2, 0.25) is 0 Å². The lowest BCUT2D eigenvalue weighted by atomic mass is 10.0. The van der Waals surface area contributed by atoms with Gasteiger partial charge in [-0.15, -0.1) is 0 Å². The van der Waals surface area contributed by atoms with Crippen molar-refractivity contribution in [2.24, 2.45) is 0 Å². The normalized spacial score (nSPS) is 10.2. The van der Waals surface area contributed by atoms with Gasteiger partial charge in [0.05, 0.1) is 6.61 Å². The predicted molar refractivity (Wildman–Crippen MR) is 66.0 cm³/mol. The van der Waals surface area contributed by atoms with Gasteiger partial charge in [-0.05, 0) is 30.5 Å². The zero-order valence-corrected chi connectivity index (χ0v) is 10.4. The van der Waals surface area contributed by atoms with Crippen LogP contribution in [0.1, 0.15) is 37.8 Å². The number of carbonyl (C=O) groups is 1. The molecule has 0 amide bonds. The number of benzene rings is 1. The number of ether oxygens (including phenoxy) is 1. The maximum atomic E-state index is 11.3. The van der Waals surface area contributed by atoms with Gasteiger partial charge in [0, 0.05) is 12.8 Å². The number of ketones is 1. The molecule has 0 aliphatic heterocycles. The summed E-state index contributed by atoms with van der Waals surface area (Å²) in [5.74, 6) is 1.20. The molecule has 1 aromatic rings. The molecule has 1 rings (SSSR count). The zero-order chi connectivity index (χ0) is 12.0. The van der Waals surface area contributed by atoms with Crippen LogP contribution in [-0.4, -0.2) is 12.4 Å². The standard InChI is InChI=1S/C14H20O2/c1-4-8-16-14-7-6-12(9-11(14)3)10-13(15)5-2/h6-7,9H,4-5,8,10H2,1-3H3. The van der Waals surface area contributed by atoms with E-state index >= 15 is 0 Å². The largest absolute Gasteiger partial charge is 0.493 e. The molecule has 0 saturated heterocycles. The topological polar surface area (TPSA) is 26.3 Å². The maximum absolute atomic E-state index is 11.3. The minimum Gasteiger partial charge on any atom is -0.493 e. The number of Topliss-reactive ketones (excluding diaryl/α,β-unsaturated/α-hetero) is 1. The van der Waals surface area contributed by atoms with Gasteiger partial charge in [0.25, 0.3) is 0 Å². The highest BCUT2D eigenvalue weighted by molar-refractivity contribution is 5.80. The van der Waals surface area contributed by atoms with Gasteiger partial charge in [0.1, 0.15) is 11.5 Å². The first-order valence-electron chi connectivity index (χ1n) is 5.91. The lowest BCUT2D eigenvalue weighted by molar-refractivity contribution is -0.118. The Kier molecular flexibility index (Phi) is 5.03. The number of hydrogen-bond donors (Lipinski definition) is 0. The Balaban J connectivity index is 2.70. The average Bonchev–Trinajstić information content (AvgIpc) is 2.28. The van der Waals surface area contributed by atoms with Gasteiger partial charge in [0.15, 0.2) is 0 Å². The summed E-state index contributed by atoms with van der Waals surface area (Å²) in [6, 6.07) is 5.98. The number of hydrogen-bond acceptors (Lipinski definition) is 2. The summed E-state index contributed by atoms with van der Waals surface area (Å²) in [5.41, 5.74) is 2.18. The van der Waals surface area contributed by atoms with Crippen molar-refractivity contribution in [3.05, 3.63) is 29.3 Å². The van der Waals surface area contributed by atoms with Crippen molar-refractivity contribution in [2.45, 2.75) is 40.0 Å². The van der Waals surface area contributed by atoms with Crippen LogP contribution in [0.5, 0.6) is 5.75 Å². The smallest absolute Gasteiger partial charge is 0.136 e. The van der Waals surface area contributed by atoms with Gasteiger partial charge >= 0.3 is 0 Å². The van der Waals surface area contributed by atoms with Crippen molar-refractivity contribution in [1.82, 2.24) is 0 Å². The second-order valence-electron chi connectivity index (χ2n) is 4.02. The van der Waals surface area contributed by atoms with Crippen LogP contribution in [0.15, 0.2) is 18.2 Å². The Labute approximate surface area is 97.6 Å². The fraction of sp³-hybridized carbons (Fsp3) is 0.500. The molecule has 0 heterocycles. The lowest BCUT2D eigenvalue weighted by Crippen LogP contribution is -2.02. The second kappa shape index (κ2) is 6.31. The van der Waals surface area contributed by atoms with Crippen molar-refractivity contribution in [3.63, 3.8) is 0 Å². The van der Waals surface area contributed by atoms with Crippen LogP contribution in [0.25, 0.3) is 0 Å². The third-order valence-corrected chi connectivity index (χ3v) is 2.50. The second-order valence-corrected chi connectivity index (χ2v) is 4.02. The number of aryl methyl sites for hydroxylation is 1. The van der Waals surface area contributed by atoms with Crippen molar-refractivity contribution in [3.8, 4) is 5.75 Å². The molecule has 0 bridgehead atoms. The van der Waals surface area contributed by atoms with Crippen molar-refractivity contribution < 1.29 is 9.53 Å². The van der Waals surface area contributed by atoms with E-state index in [4.69, 9.17) is 4.74 Å². The molecule has 0 aliphatic carbocycles. The summed E-state index contributed by atoms with van der Waals surface area (Å²) < 4.78 is 5.59. The van der Waals surface area contributed by atoms with Crippen LogP contribution < -0.4 is 4.74 Å². The first kappa shape index (κ1) is 12.8. The van der Waals surface area contributed by atoms with Crippen LogP contribution >= 0.6 is 0 Å². The van der Waals surface area contributed by atoms with Crippen molar-refractivity contribution >= 4 is 5.78 Å². The minimum atomic E-state index is 0.279. The highest BCUT2D eigenvalue weighted by atomic mass is 16.5. The molecule has 88 valence electrons. The van der Waals surface area contributed by atoms with Crippen LogP contribution in [0.2, 0.25) is 0 Å². The van der Waals surface area contributed by atoms with E-state index in [0.717, 1.165) is 29.9 Å². The highest BCUT2D eigenvalue weighted by Gasteiger charge is 2.04. The zero-order valence-electron chi connectivity index (χ0n) is 10.4. The van der Waals surface area contributed by atoms with Crippen LogP contribution in [0.3, 0.4) is 0 Å². The SMILES string of the molecule is CCCOc1ccc(CC(=O)CC)cc1C. The summed E-state index contributed by atoms with van der Waals surface area (Å²) in [6.07, 6.45) is 2.15. The van der Waals surface area contributed by atoms with Gasteiger partial charge in [-0.2, -0.15) is 0 Å². The predicted octanol–water partition coefficient (Wildman–Crippen LogP) is 3.31. The maximum Gasteiger partial charge on any atom is 0.136 e. The lowest BCUT2D eigenvalue weighted by Gasteiger charge is -2.09. The molecule has 0 unspecified atom stereocenters. The van der Waals surface area contributed by atoms with E-state index in [0.29, 0.717) is 12.8 Å². The number of carbonyl (C=O) groups excluding carboxylic acids is 1. The molecule has 0 fully saturated rings. The van der Waals surface area contributed by atoms with E-state index in [-0.39, 0.29) is 5.78 Å². The molecule has 2 heteroatoms. The first-order valence-corrected chi connectivity index (χ1v) is 5.91. The Morgan fingerprint density at radius 3 is 2.62 bits per heavy atom. The summed E-state index contributed by atoms with van der Waals surface area (Å²) >= 11 is 0. The molecule has 0 N–H and O–H groups in total. The van der Waals surface area contributed by atoms with Crippen LogP contribution in [-0.2, 0) is 11.2 Å². The fourth-order valence-electron chi connectivity index (χ4n) is 1.55. The molecule has 0 radical (unpaired) electrons. The third-order valence-electron chi connectivity index (χ3n) is 2.50. The average molecular weight is 220 g/mol. The van der Waals surface area contributed by atoms with Gasteiger partial charge in [-0.3, -0.25) is 4.79 Å². The number of rotatable bonds is 6. The van der Waals surface area contributed by atoms with Crippen LogP contribution in [0, 0.1) is 6.92 Å². The van der Waals surface area contributed by atoms with Crippen molar-refractivity contribution in [1.29, 1.82) is 0 Å². The molecule has 0 aromatic heterocycles. The van der Waals surface area contributed by atoms with E-state index in [2.05, 4.69) is 6.92 Å². The highest BCUT2D eigenvalue weighted by Crippen LogP contribution is 2.19. The Morgan fingerprint density at radius 2 is 2.06 bits per heavy atom. The minimum absolute atomic E-state index is 0.279. The molecule has 0 atom stereocenters. The van der Waals surface area contributed by atoms with Gasteiger partial charge in [-0.1, -0.05) is 26.0 Å². The van der Waals surface area contributed by atoms with Gasteiger partial charge < -0.3 is 4.74 Å². The quantitative estimate of drug-likeness (QED) is 0.735. The third kappa shape index (κ3) is 3.69. The van der Waals surface area contributed by atoms with E-state index in [1.54, 1.807) is 0 Å². The summed E-state index contributed by atoms with van der Waals surface area (Å²) in [7, 11) is 0. The Hall–Kier alpha value is -1.31. The Bertz CT molecular complexity index is 356. The monoisotopic (exact) mass is 220 g/mol. The molecule has 0 saturated carbocycles. The van der Waals surface area contributed by atoms with Crippen molar-refractivity contribution in [2.75, 3.05) is 6.61 Å². The first-order chi connectivity index (χ1) is 7.67. The van der Waals surface area contributed by atoms with E-state index < -0.39 is 0 Å². The van der Waals surface area contributed by atoms with E-state index in [9.17, 15) is 4.79 Å². The Morgan fingerprint density at radius 1 is 1.31 bits per heavy atom. The molecule has 0 aliphatic rings. The fourth-order valence-corrected chi connectivity index (χ4v) is 1.55. The molecular weight excluding hydrogens is 200 g/mol. The van der Waals surface area contributed by atoms with E-state index in [1.165, 1.54) is 0 Å². The summed E-state index contributed by atoms with van der Waals surface area (Å²) in [4.78, 5) is 11.3. The molecule has 2 nitrogen and oxygen atoms in total. The van der Waals surface area contributed by atoms with Gasteiger partial charge in [-0.25, -0.2) is 0 Å². The molecule has 16 heavy (non-hydrogen) atoms. The molecule has 1 aromatic carbocycles.